The quantitative estimate of drug-likeness (QED) is 0.0928. The summed E-state index contributed by atoms with van der Waals surface area (Å²) in [5.74, 6) is -1.12. The van der Waals surface area contributed by atoms with Crippen molar-refractivity contribution in [1.29, 1.82) is 0 Å². The first kappa shape index (κ1) is 30.0. The van der Waals surface area contributed by atoms with Gasteiger partial charge in [0.05, 0.1) is 12.5 Å². The van der Waals surface area contributed by atoms with E-state index in [0.717, 1.165) is 35.8 Å². The molecule has 0 saturated heterocycles. The molecule has 0 unspecified atom stereocenters. The number of methoxy groups -OCH3 is 1. The fourth-order valence-electron chi connectivity index (χ4n) is 4.56. The highest BCUT2D eigenvalue weighted by atomic mass is 16.5. The fourth-order valence-corrected chi connectivity index (χ4v) is 4.56. The van der Waals surface area contributed by atoms with E-state index in [4.69, 9.17) is 16.2 Å². The number of amides is 2. The summed E-state index contributed by atoms with van der Waals surface area (Å²) in [5, 5.41) is 24.6. The highest BCUT2D eigenvalue weighted by Crippen LogP contribution is 2.24. The zero-order valence-corrected chi connectivity index (χ0v) is 23.0. The molecular weight excluding hydrogens is 541 g/mol. The summed E-state index contributed by atoms with van der Waals surface area (Å²) >= 11 is 0. The molecule has 0 radical (unpaired) electrons. The van der Waals surface area contributed by atoms with Gasteiger partial charge in [-0.3, -0.25) is 9.59 Å². The molecule has 1 atom stereocenters. The molecule has 2 heterocycles. The van der Waals surface area contributed by atoms with Gasteiger partial charge in [0.15, 0.2) is 0 Å². The average Bonchev–Trinajstić information content (AvgIpc) is 3.38. The first-order valence-corrected chi connectivity index (χ1v) is 13.3. The van der Waals surface area contributed by atoms with Crippen molar-refractivity contribution in [2.45, 2.75) is 38.1 Å². The number of aromatic amines is 1. The molecule has 14 heteroatoms. The third-order valence-corrected chi connectivity index (χ3v) is 6.71. The lowest BCUT2D eigenvalue weighted by Gasteiger charge is -2.17. The molecule has 42 heavy (non-hydrogen) atoms. The summed E-state index contributed by atoms with van der Waals surface area (Å²) in [5.41, 5.74) is 15.2. The minimum Gasteiger partial charge on any atom is -0.467 e. The van der Waals surface area contributed by atoms with Gasteiger partial charge >= 0.3 is 13.1 Å². The Kier molecular flexibility index (Phi) is 9.73. The van der Waals surface area contributed by atoms with Crippen LogP contribution in [-0.4, -0.2) is 63.1 Å². The zero-order valence-electron chi connectivity index (χ0n) is 23.0. The molecule has 0 aliphatic carbocycles. The molecule has 2 aromatic heterocycles. The summed E-state index contributed by atoms with van der Waals surface area (Å²) in [6.07, 6.45) is 4.07. The number of esters is 1. The summed E-state index contributed by atoms with van der Waals surface area (Å²) in [6.45, 7) is 0. The van der Waals surface area contributed by atoms with Crippen molar-refractivity contribution in [1.82, 2.24) is 20.3 Å². The van der Waals surface area contributed by atoms with Gasteiger partial charge < -0.3 is 41.9 Å². The van der Waals surface area contributed by atoms with E-state index in [1.165, 1.54) is 19.2 Å². The molecular formula is C28H32BN7O6. The van der Waals surface area contributed by atoms with Gasteiger partial charge in [-0.25, -0.2) is 4.79 Å². The van der Waals surface area contributed by atoms with Crippen LogP contribution >= 0.6 is 0 Å². The maximum absolute atomic E-state index is 12.9. The molecule has 0 spiro atoms. The van der Waals surface area contributed by atoms with Crippen LogP contribution in [0.4, 0.5) is 17.5 Å². The number of hydrogen-bond acceptors (Lipinski definition) is 10. The van der Waals surface area contributed by atoms with Crippen LogP contribution < -0.4 is 27.6 Å². The second-order valence-corrected chi connectivity index (χ2v) is 9.69. The normalized spacial score (nSPS) is 11.6. The Labute approximate surface area is 241 Å². The third kappa shape index (κ3) is 7.62. The highest BCUT2D eigenvalue weighted by Gasteiger charge is 2.23. The SMILES string of the molecule is COC(=O)[C@H](CCC(=O)Nc1cccc(B(O)O)c1)NC(=O)c1ccc(CCCc2c[nH]c3nc(N)nc(N)c23)cc1. The number of nitrogen functional groups attached to an aromatic ring is 2. The minimum atomic E-state index is -1.67. The Morgan fingerprint density at radius 2 is 1.83 bits per heavy atom. The largest absolute Gasteiger partial charge is 0.488 e. The second-order valence-electron chi connectivity index (χ2n) is 9.69. The molecule has 0 saturated carbocycles. The molecule has 4 rings (SSSR count). The van der Waals surface area contributed by atoms with Crippen molar-refractivity contribution in [3.8, 4) is 0 Å². The first-order valence-electron chi connectivity index (χ1n) is 13.3. The van der Waals surface area contributed by atoms with E-state index in [2.05, 4.69) is 25.6 Å². The molecule has 0 fully saturated rings. The van der Waals surface area contributed by atoms with Crippen LogP contribution in [0.15, 0.2) is 54.7 Å². The van der Waals surface area contributed by atoms with Gasteiger partial charge in [-0.05, 0) is 66.5 Å². The first-order chi connectivity index (χ1) is 20.1. The second kappa shape index (κ2) is 13.6. The standard InChI is InChI=1S/C28H32BN7O6/c1-42-27(39)21(12-13-22(37)33-20-7-3-6-19(14-20)29(40)41)34-26(38)17-10-8-16(9-11-17)4-2-5-18-15-32-25-23(18)24(30)35-28(31)36-25/h3,6-11,14-15,21,40-41H,2,4-5,12-13H2,1H3,(H,33,37)(H,34,38)(H5,30,31,32,35,36)/t21-/m0/s1. The van der Waals surface area contributed by atoms with Gasteiger partial charge in [-0.15, -0.1) is 0 Å². The summed E-state index contributed by atoms with van der Waals surface area (Å²) in [6, 6.07) is 12.1. The Bertz CT molecular complexity index is 1580. The Morgan fingerprint density at radius 3 is 2.55 bits per heavy atom. The zero-order chi connectivity index (χ0) is 30.2. The molecule has 0 aliphatic heterocycles. The van der Waals surface area contributed by atoms with Crippen LogP contribution in [-0.2, 0) is 27.2 Å². The third-order valence-electron chi connectivity index (χ3n) is 6.71. The van der Waals surface area contributed by atoms with E-state index >= 15 is 0 Å². The summed E-state index contributed by atoms with van der Waals surface area (Å²) in [7, 11) is -0.467. The molecule has 2 aromatic carbocycles. The number of nitrogens with two attached hydrogens (primary N) is 2. The molecule has 13 nitrogen and oxygen atoms in total. The van der Waals surface area contributed by atoms with Gasteiger partial charge in [0.1, 0.15) is 17.5 Å². The monoisotopic (exact) mass is 573 g/mol. The number of anilines is 3. The molecule has 0 aliphatic rings. The summed E-state index contributed by atoms with van der Waals surface area (Å²) in [4.78, 5) is 48.9. The van der Waals surface area contributed by atoms with Crippen molar-refractivity contribution in [3.63, 3.8) is 0 Å². The maximum Gasteiger partial charge on any atom is 0.488 e. The molecule has 218 valence electrons. The van der Waals surface area contributed by atoms with Crippen LogP contribution in [0.2, 0.25) is 0 Å². The van der Waals surface area contributed by atoms with Crippen molar-refractivity contribution < 1.29 is 29.2 Å². The number of carbonyl (C=O) groups excluding carboxylic acids is 3. The lowest BCUT2D eigenvalue weighted by atomic mass is 9.80. The predicted molar refractivity (Wildman–Crippen MR) is 159 cm³/mol. The molecule has 0 bridgehead atoms. The number of aromatic nitrogens is 3. The number of nitrogens with zero attached hydrogens (tertiary/aromatic N) is 2. The number of hydrogen-bond donors (Lipinski definition) is 7. The number of ether oxygens (including phenoxy) is 1. The van der Waals surface area contributed by atoms with Crippen molar-refractivity contribution >= 4 is 58.9 Å². The number of H-pyrrole nitrogens is 1. The van der Waals surface area contributed by atoms with E-state index in [0.29, 0.717) is 22.7 Å². The lowest BCUT2D eigenvalue weighted by molar-refractivity contribution is -0.143. The van der Waals surface area contributed by atoms with Crippen LogP contribution in [0.1, 0.15) is 40.7 Å². The number of nitrogens with one attached hydrogen (secondary N) is 3. The van der Waals surface area contributed by atoms with Gasteiger partial charge in [0.2, 0.25) is 11.9 Å². The van der Waals surface area contributed by atoms with Crippen molar-refractivity contribution in [3.05, 3.63) is 71.4 Å². The van der Waals surface area contributed by atoms with Gasteiger partial charge in [-0.1, -0.05) is 24.3 Å². The van der Waals surface area contributed by atoms with Gasteiger partial charge in [-0.2, -0.15) is 9.97 Å². The summed E-state index contributed by atoms with van der Waals surface area (Å²) < 4.78 is 4.81. The van der Waals surface area contributed by atoms with E-state index in [1.54, 1.807) is 24.3 Å². The average molecular weight is 573 g/mol. The maximum atomic E-state index is 12.9. The Hall–Kier alpha value is -4.95. The lowest BCUT2D eigenvalue weighted by Crippen LogP contribution is -2.42. The van der Waals surface area contributed by atoms with E-state index in [9.17, 15) is 24.4 Å². The Morgan fingerprint density at radius 1 is 1.07 bits per heavy atom. The fraction of sp³-hybridized carbons (Fsp3) is 0.250. The van der Waals surface area contributed by atoms with E-state index in [-0.39, 0.29) is 24.3 Å². The topological polar surface area (TPSA) is 219 Å². The number of aryl methyl sites for hydroxylation is 2. The van der Waals surface area contributed by atoms with Crippen molar-refractivity contribution in [2.24, 2.45) is 0 Å². The number of rotatable bonds is 12. The Balaban J connectivity index is 1.29. The predicted octanol–water partition coefficient (Wildman–Crippen LogP) is 0.668. The highest BCUT2D eigenvalue weighted by molar-refractivity contribution is 6.58. The number of benzene rings is 2. The van der Waals surface area contributed by atoms with E-state index in [1.807, 2.05) is 18.3 Å². The van der Waals surface area contributed by atoms with Crippen LogP contribution in [0.5, 0.6) is 0 Å². The van der Waals surface area contributed by atoms with Gasteiger partial charge in [0.25, 0.3) is 5.91 Å². The molecule has 4 aromatic rings. The van der Waals surface area contributed by atoms with Crippen molar-refractivity contribution in [2.75, 3.05) is 23.9 Å². The number of fused-ring (bicyclic) bond motifs is 1. The molecule has 2 amide bonds. The van der Waals surface area contributed by atoms with Crippen LogP contribution in [0, 0.1) is 0 Å². The van der Waals surface area contributed by atoms with Crippen LogP contribution in [0.3, 0.4) is 0 Å². The molecule has 9 N–H and O–H groups in total. The van der Waals surface area contributed by atoms with E-state index < -0.39 is 30.9 Å². The minimum absolute atomic E-state index is 0.000625. The smallest absolute Gasteiger partial charge is 0.467 e. The van der Waals surface area contributed by atoms with Crippen LogP contribution in [0.25, 0.3) is 11.0 Å². The van der Waals surface area contributed by atoms with Gasteiger partial charge in [0, 0.05) is 23.9 Å². The number of carbonyl (C=O) groups is 3.